The number of nitrogen functional groups attached to an aromatic ring is 1. The third-order valence-corrected chi connectivity index (χ3v) is 3.52. The van der Waals surface area contributed by atoms with Crippen LogP contribution in [0.4, 0.5) is 16.6 Å². The number of anilines is 3. The topological polar surface area (TPSA) is 110 Å². The van der Waals surface area contributed by atoms with Gasteiger partial charge in [0.1, 0.15) is 5.82 Å². The lowest BCUT2D eigenvalue weighted by Crippen LogP contribution is -2.18. The van der Waals surface area contributed by atoms with Crippen molar-refractivity contribution < 1.29 is 9.59 Å². The number of carbonyl (C=O) groups is 2. The Morgan fingerprint density at radius 3 is 2.73 bits per heavy atom. The van der Waals surface area contributed by atoms with Gasteiger partial charge in [-0.15, -0.1) is 11.3 Å². The maximum atomic E-state index is 11.9. The van der Waals surface area contributed by atoms with Gasteiger partial charge in [-0.2, -0.15) is 0 Å². The van der Waals surface area contributed by atoms with Crippen molar-refractivity contribution in [3.8, 4) is 0 Å². The van der Waals surface area contributed by atoms with Crippen LogP contribution in [-0.4, -0.2) is 21.8 Å². The number of hydrogen-bond acceptors (Lipinski definition) is 6. The van der Waals surface area contributed by atoms with Gasteiger partial charge < -0.3 is 16.4 Å². The van der Waals surface area contributed by atoms with Gasteiger partial charge in [0, 0.05) is 11.3 Å². The van der Waals surface area contributed by atoms with Crippen LogP contribution < -0.4 is 16.4 Å². The third-order valence-electron chi connectivity index (χ3n) is 2.72. The minimum atomic E-state index is -0.210. The van der Waals surface area contributed by atoms with Crippen LogP contribution in [0.5, 0.6) is 0 Å². The van der Waals surface area contributed by atoms with E-state index < -0.39 is 0 Å². The maximum absolute atomic E-state index is 11.9. The highest BCUT2D eigenvalue weighted by Gasteiger charge is 2.12. The standard InChI is InChI=1S/C14H17N5O2S/c1-8(2)13(21)19-14-18-10(7-22-14)5-12(20)17-9-3-4-11(15)16-6-9/h3-4,6-8H,5H2,1-2H3,(H2,15,16)(H,17,20)(H,18,19,21). The summed E-state index contributed by atoms with van der Waals surface area (Å²) >= 11 is 1.29. The van der Waals surface area contributed by atoms with Crippen LogP contribution in [0.25, 0.3) is 0 Å². The maximum Gasteiger partial charge on any atom is 0.230 e. The Balaban J connectivity index is 1.90. The second kappa shape index (κ2) is 6.99. The summed E-state index contributed by atoms with van der Waals surface area (Å²) in [6, 6.07) is 3.29. The highest BCUT2D eigenvalue weighted by molar-refractivity contribution is 7.13. The number of hydrogen-bond donors (Lipinski definition) is 3. The van der Waals surface area contributed by atoms with Crippen LogP contribution in [0.2, 0.25) is 0 Å². The molecule has 4 N–H and O–H groups in total. The van der Waals surface area contributed by atoms with E-state index in [9.17, 15) is 9.59 Å². The molecule has 2 rings (SSSR count). The summed E-state index contributed by atoms with van der Waals surface area (Å²) in [5.74, 6) is -0.0337. The van der Waals surface area contributed by atoms with Crippen LogP contribution >= 0.6 is 11.3 Å². The summed E-state index contributed by atoms with van der Waals surface area (Å²) in [5, 5.41) is 7.65. The summed E-state index contributed by atoms with van der Waals surface area (Å²) in [6.07, 6.45) is 1.61. The number of aromatic nitrogens is 2. The van der Waals surface area contributed by atoms with Crippen LogP contribution in [0.1, 0.15) is 19.5 Å². The van der Waals surface area contributed by atoms with Crippen molar-refractivity contribution >= 4 is 39.8 Å². The van der Waals surface area contributed by atoms with E-state index in [0.29, 0.717) is 22.3 Å². The molecule has 0 spiro atoms. The number of nitrogens with one attached hydrogen (secondary N) is 2. The predicted octanol–water partition coefficient (Wildman–Crippen LogP) is 1.90. The number of nitrogens with zero attached hydrogens (tertiary/aromatic N) is 2. The highest BCUT2D eigenvalue weighted by Crippen LogP contribution is 2.17. The highest BCUT2D eigenvalue weighted by atomic mass is 32.1. The molecule has 8 heteroatoms. The lowest BCUT2D eigenvalue weighted by atomic mass is 10.2. The molecule has 0 aliphatic rings. The summed E-state index contributed by atoms with van der Waals surface area (Å²) in [6.45, 7) is 3.61. The van der Waals surface area contributed by atoms with E-state index >= 15 is 0 Å². The zero-order valence-corrected chi connectivity index (χ0v) is 13.1. The number of rotatable bonds is 5. The molecule has 0 bridgehead atoms. The number of nitrogens with two attached hydrogens (primary N) is 1. The van der Waals surface area contributed by atoms with Crippen LogP contribution in [0.15, 0.2) is 23.7 Å². The molecule has 2 aromatic rings. The van der Waals surface area contributed by atoms with Crippen molar-refractivity contribution in [1.82, 2.24) is 9.97 Å². The first-order valence-corrected chi connectivity index (χ1v) is 7.58. The molecule has 0 saturated heterocycles. The summed E-state index contributed by atoms with van der Waals surface area (Å²) in [7, 11) is 0. The van der Waals surface area contributed by atoms with Crippen LogP contribution in [-0.2, 0) is 16.0 Å². The minimum absolute atomic E-state index is 0.0988. The molecule has 2 amide bonds. The average Bonchev–Trinajstić information content (AvgIpc) is 2.88. The van der Waals surface area contributed by atoms with Gasteiger partial charge in [-0.1, -0.05) is 13.8 Å². The van der Waals surface area contributed by atoms with E-state index in [4.69, 9.17) is 5.73 Å². The van der Waals surface area contributed by atoms with E-state index in [1.807, 2.05) is 0 Å². The zero-order valence-electron chi connectivity index (χ0n) is 12.3. The monoisotopic (exact) mass is 319 g/mol. The Morgan fingerprint density at radius 2 is 2.09 bits per heavy atom. The van der Waals surface area contributed by atoms with E-state index in [1.165, 1.54) is 17.5 Å². The minimum Gasteiger partial charge on any atom is -0.384 e. The molecule has 116 valence electrons. The third kappa shape index (κ3) is 4.52. The molecular formula is C14H17N5O2S. The first-order chi connectivity index (χ1) is 10.4. The molecule has 0 saturated carbocycles. The molecule has 2 aromatic heterocycles. The Kier molecular flexibility index (Phi) is 5.05. The van der Waals surface area contributed by atoms with Crippen molar-refractivity contribution in [3.63, 3.8) is 0 Å². The van der Waals surface area contributed by atoms with Crippen molar-refractivity contribution in [2.45, 2.75) is 20.3 Å². The van der Waals surface area contributed by atoms with Crippen LogP contribution in [0, 0.1) is 5.92 Å². The second-order valence-electron chi connectivity index (χ2n) is 4.98. The Labute approximate surface area is 132 Å². The summed E-state index contributed by atoms with van der Waals surface area (Å²) in [5.41, 5.74) is 6.65. The summed E-state index contributed by atoms with van der Waals surface area (Å²) in [4.78, 5) is 31.6. The molecule has 0 atom stereocenters. The predicted molar refractivity (Wildman–Crippen MR) is 86.6 cm³/mol. The van der Waals surface area contributed by atoms with Crippen LogP contribution in [0.3, 0.4) is 0 Å². The quantitative estimate of drug-likeness (QED) is 0.779. The van der Waals surface area contributed by atoms with Crippen molar-refractivity contribution in [1.29, 1.82) is 0 Å². The lowest BCUT2D eigenvalue weighted by molar-refractivity contribution is -0.119. The SMILES string of the molecule is CC(C)C(=O)Nc1nc(CC(=O)Nc2ccc(N)nc2)cs1. The molecule has 7 nitrogen and oxygen atoms in total. The fraction of sp³-hybridized carbons (Fsp3) is 0.286. The molecule has 0 aromatic carbocycles. The smallest absolute Gasteiger partial charge is 0.230 e. The van der Waals surface area contributed by atoms with Crippen molar-refractivity contribution in [2.24, 2.45) is 5.92 Å². The number of carbonyl (C=O) groups excluding carboxylic acids is 2. The first-order valence-electron chi connectivity index (χ1n) is 6.70. The van der Waals surface area contributed by atoms with Gasteiger partial charge in [0.05, 0.1) is 24.0 Å². The zero-order chi connectivity index (χ0) is 16.1. The van der Waals surface area contributed by atoms with Gasteiger partial charge in [-0.25, -0.2) is 9.97 Å². The van der Waals surface area contributed by atoms with Crippen molar-refractivity contribution in [3.05, 3.63) is 29.4 Å². The van der Waals surface area contributed by atoms with Crippen molar-refractivity contribution in [2.75, 3.05) is 16.4 Å². The molecule has 22 heavy (non-hydrogen) atoms. The fourth-order valence-corrected chi connectivity index (χ4v) is 2.26. The number of amides is 2. The number of thiazole rings is 1. The van der Waals surface area contributed by atoms with Gasteiger partial charge in [0.2, 0.25) is 11.8 Å². The van der Waals surface area contributed by atoms with Gasteiger partial charge in [-0.05, 0) is 12.1 Å². The Hall–Kier alpha value is -2.48. The molecule has 2 heterocycles. The normalized spacial score (nSPS) is 10.5. The van der Waals surface area contributed by atoms with Gasteiger partial charge >= 0.3 is 0 Å². The fourth-order valence-electron chi connectivity index (χ4n) is 1.54. The average molecular weight is 319 g/mol. The Bertz CT molecular complexity index is 666. The van der Waals surface area contributed by atoms with Gasteiger partial charge in [0.25, 0.3) is 0 Å². The Morgan fingerprint density at radius 1 is 1.32 bits per heavy atom. The van der Waals surface area contributed by atoms with E-state index in [2.05, 4.69) is 20.6 Å². The molecule has 0 aliphatic heterocycles. The molecule has 0 radical (unpaired) electrons. The van der Waals surface area contributed by atoms with Gasteiger partial charge in [0.15, 0.2) is 5.13 Å². The lowest BCUT2D eigenvalue weighted by Gasteiger charge is -2.04. The molecule has 0 unspecified atom stereocenters. The van der Waals surface area contributed by atoms with E-state index in [1.54, 1.807) is 31.4 Å². The molecular weight excluding hydrogens is 302 g/mol. The first kappa shape index (κ1) is 15.9. The van der Waals surface area contributed by atoms with Gasteiger partial charge in [-0.3, -0.25) is 9.59 Å². The largest absolute Gasteiger partial charge is 0.384 e. The second-order valence-corrected chi connectivity index (χ2v) is 5.84. The molecule has 0 aliphatic carbocycles. The van der Waals surface area contributed by atoms with E-state index in [-0.39, 0.29) is 24.2 Å². The van der Waals surface area contributed by atoms with E-state index in [0.717, 1.165) is 0 Å². The molecule has 0 fully saturated rings. The summed E-state index contributed by atoms with van der Waals surface area (Å²) < 4.78 is 0. The number of pyridine rings is 1.